The van der Waals surface area contributed by atoms with Gasteiger partial charge in [0.2, 0.25) is 11.4 Å². The van der Waals surface area contributed by atoms with Crippen molar-refractivity contribution in [1.82, 2.24) is 19.7 Å². The summed E-state index contributed by atoms with van der Waals surface area (Å²) in [5, 5.41) is 16.9. The Bertz CT molecular complexity index is 551. The van der Waals surface area contributed by atoms with Gasteiger partial charge in [-0.05, 0) is 0 Å². The van der Waals surface area contributed by atoms with Gasteiger partial charge < -0.3 is 15.7 Å². The van der Waals surface area contributed by atoms with Crippen LogP contribution >= 0.6 is 0 Å². The Morgan fingerprint density at radius 2 is 2.25 bits per heavy atom. The first kappa shape index (κ1) is 10.3. The van der Waals surface area contributed by atoms with Gasteiger partial charge in [0.1, 0.15) is 0 Å². The molecule has 0 saturated heterocycles. The van der Waals surface area contributed by atoms with Crippen LogP contribution in [0, 0.1) is 5.41 Å². The molecule has 0 amide bonds. The topological polar surface area (TPSA) is 123 Å². The van der Waals surface area contributed by atoms with Crippen molar-refractivity contribution in [3.8, 4) is 11.5 Å². The van der Waals surface area contributed by atoms with Crippen molar-refractivity contribution in [3.63, 3.8) is 0 Å². The van der Waals surface area contributed by atoms with Crippen LogP contribution in [0.2, 0.25) is 0 Å². The van der Waals surface area contributed by atoms with E-state index in [1.165, 1.54) is 13.3 Å². The van der Waals surface area contributed by atoms with E-state index in [2.05, 4.69) is 15.0 Å². The number of ether oxygens (including phenoxy) is 1. The lowest BCUT2D eigenvalue weighted by molar-refractivity contribution is 0.164. The van der Waals surface area contributed by atoms with Gasteiger partial charge in [0.05, 0.1) is 18.5 Å². The highest BCUT2D eigenvalue weighted by Crippen LogP contribution is 2.19. The van der Waals surface area contributed by atoms with Gasteiger partial charge in [-0.2, -0.15) is 14.7 Å². The summed E-state index contributed by atoms with van der Waals surface area (Å²) in [5.74, 6) is 0.146. The van der Waals surface area contributed by atoms with E-state index in [-0.39, 0.29) is 29.6 Å². The monoisotopic (exact) mass is 222 g/mol. The van der Waals surface area contributed by atoms with Crippen molar-refractivity contribution in [2.24, 2.45) is 0 Å². The zero-order valence-corrected chi connectivity index (χ0v) is 8.51. The predicted octanol–water partition coefficient (Wildman–Crippen LogP) is -0.777. The van der Waals surface area contributed by atoms with Gasteiger partial charge >= 0.3 is 0 Å². The molecule has 4 N–H and O–H groups in total. The smallest absolute Gasteiger partial charge is 0.246 e. The number of hydrogen-bond acceptors (Lipinski definition) is 7. The number of rotatable bonds is 2. The molecule has 0 aromatic heterocycles. The van der Waals surface area contributed by atoms with E-state index >= 15 is 0 Å². The molecule has 0 atom stereocenters. The first-order valence-corrected chi connectivity index (χ1v) is 4.40. The first-order valence-electron chi connectivity index (χ1n) is 4.40. The fourth-order valence-electron chi connectivity index (χ4n) is 1.32. The third kappa shape index (κ3) is 1.65. The Kier molecular flexibility index (Phi) is 2.41. The molecule has 8 heteroatoms. The van der Waals surface area contributed by atoms with Crippen LogP contribution in [0.1, 0.15) is 5.69 Å². The van der Waals surface area contributed by atoms with Crippen LogP contribution < -0.4 is 11.4 Å². The van der Waals surface area contributed by atoms with Gasteiger partial charge in [0, 0.05) is 7.11 Å². The molecule has 2 rings (SSSR count). The second-order valence-corrected chi connectivity index (χ2v) is 3.11. The van der Waals surface area contributed by atoms with E-state index in [0.717, 1.165) is 4.73 Å². The molecule has 2 heterocycles. The number of aromatic nitrogens is 4. The van der Waals surface area contributed by atoms with E-state index in [4.69, 9.17) is 15.9 Å². The maximum atomic E-state index is 9.62. The van der Waals surface area contributed by atoms with Gasteiger partial charge in [0.25, 0.3) is 0 Å². The van der Waals surface area contributed by atoms with Gasteiger partial charge in [-0.25, -0.2) is 4.98 Å². The van der Waals surface area contributed by atoms with Gasteiger partial charge in [-0.3, -0.25) is 5.41 Å². The van der Waals surface area contributed by atoms with Crippen molar-refractivity contribution in [2.75, 3.05) is 12.8 Å². The summed E-state index contributed by atoms with van der Waals surface area (Å²) in [6.07, 6.45) is 1.34. The molecule has 0 aliphatic carbocycles. The third-order valence-electron chi connectivity index (χ3n) is 1.93. The normalized spacial score (nSPS) is 10.8. The molecule has 0 radical (unpaired) electrons. The van der Waals surface area contributed by atoms with Crippen molar-refractivity contribution < 1.29 is 9.94 Å². The molecule has 0 spiro atoms. The molecule has 0 saturated carbocycles. The Hall–Kier alpha value is -2.22. The zero-order chi connectivity index (χ0) is 11.7. The lowest BCUT2D eigenvalue weighted by Crippen LogP contribution is -2.20. The van der Waals surface area contributed by atoms with E-state index in [9.17, 15) is 5.21 Å². The number of nitrogens with zero attached hydrogens (tertiary/aromatic N) is 4. The first-order chi connectivity index (χ1) is 7.61. The maximum absolute atomic E-state index is 9.62. The zero-order valence-electron chi connectivity index (χ0n) is 8.51. The summed E-state index contributed by atoms with van der Waals surface area (Å²) >= 11 is 0. The number of nitrogens with one attached hydrogen (secondary N) is 1. The average molecular weight is 222 g/mol. The molecule has 84 valence electrons. The van der Waals surface area contributed by atoms with Crippen LogP contribution in [0.15, 0.2) is 6.20 Å². The van der Waals surface area contributed by atoms with Crippen molar-refractivity contribution in [1.29, 1.82) is 5.41 Å². The molecule has 16 heavy (non-hydrogen) atoms. The molecule has 2 aliphatic rings. The summed E-state index contributed by atoms with van der Waals surface area (Å²) in [6.45, 7) is 0.235. The number of hydrogen-bond donors (Lipinski definition) is 3. The molecule has 0 bridgehead atoms. The van der Waals surface area contributed by atoms with Crippen LogP contribution in [-0.4, -0.2) is 32.0 Å². The number of anilines is 1. The number of methoxy groups -OCH3 is 1. The van der Waals surface area contributed by atoms with Crippen LogP contribution in [0.3, 0.4) is 0 Å². The Morgan fingerprint density at radius 3 is 2.94 bits per heavy atom. The summed E-state index contributed by atoms with van der Waals surface area (Å²) in [6, 6.07) is 0. The predicted molar refractivity (Wildman–Crippen MR) is 52.6 cm³/mol. The molecule has 0 aromatic rings. The number of nitrogens with two attached hydrogens (primary N) is 1. The Balaban J connectivity index is 2.71. The van der Waals surface area contributed by atoms with Crippen LogP contribution in [0.25, 0.3) is 11.5 Å². The largest absolute Gasteiger partial charge is 0.427 e. The van der Waals surface area contributed by atoms with Crippen LogP contribution in [0.4, 0.5) is 5.82 Å². The highest BCUT2D eigenvalue weighted by molar-refractivity contribution is 5.63. The van der Waals surface area contributed by atoms with Crippen molar-refractivity contribution in [3.05, 3.63) is 17.5 Å². The van der Waals surface area contributed by atoms with Gasteiger partial charge in [0.15, 0.2) is 11.5 Å². The van der Waals surface area contributed by atoms with Crippen molar-refractivity contribution >= 4 is 5.82 Å². The van der Waals surface area contributed by atoms with Gasteiger partial charge in [-0.1, -0.05) is 0 Å². The second-order valence-electron chi connectivity index (χ2n) is 3.11. The number of nitrogen functional groups attached to an aromatic ring is 1. The minimum absolute atomic E-state index is 0.0516. The fourth-order valence-corrected chi connectivity index (χ4v) is 1.32. The molecule has 0 unspecified atom stereocenters. The van der Waals surface area contributed by atoms with E-state index < -0.39 is 0 Å². The fraction of sp³-hybridized carbons (Fsp3) is 0.250. The molecular formula is C8H10N6O2. The highest BCUT2D eigenvalue weighted by Gasteiger charge is 2.16. The quantitative estimate of drug-likeness (QED) is 0.573. The average Bonchev–Trinajstić information content (AvgIpc) is 2.20. The molecule has 0 fully saturated rings. The number of fused-ring (bicyclic) bond motifs is 1. The van der Waals surface area contributed by atoms with Gasteiger partial charge in [-0.15, -0.1) is 0 Å². The lowest BCUT2D eigenvalue weighted by Gasteiger charge is -2.11. The highest BCUT2D eigenvalue weighted by atomic mass is 16.5. The molecular weight excluding hydrogens is 212 g/mol. The third-order valence-corrected chi connectivity index (χ3v) is 1.93. The molecule has 8 nitrogen and oxygen atoms in total. The Labute approximate surface area is 90.2 Å². The summed E-state index contributed by atoms with van der Waals surface area (Å²) < 4.78 is 5.65. The summed E-state index contributed by atoms with van der Waals surface area (Å²) in [4.78, 5) is 11.5. The van der Waals surface area contributed by atoms with Crippen LogP contribution in [-0.2, 0) is 11.3 Å². The Morgan fingerprint density at radius 1 is 1.50 bits per heavy atom. The lowest BCUT2D eigenvalue weighted by atomic mass is 10.3. The summed E-state index contributed by atoms with van der Waals surface area (Å²) in [5.41, 5.74) is 6.06. The minimum atomic E-state index is -0.269. The van der Waals surface area contributed by atoms with E-state index in [1.54, 1.807) is 0 Å². The standard InChI is InChI=1S/C8H10N6O2/c1-16-3-4-2-14(15)7-5(11-4)6(9)12-8(10)13-7/h2,15H,3H2,1H3,(H3,9,10,12). The van der Waals surface area contributed by atoms with E-state index in [1.807, 2.05) is 0 Å². The second kappa shape index (κ2) is 3.74. The summed E-state index contributed by atoms with van der Waals surface area (Å²) in [7, 11) is 1.51. The van der Waals surface area contributed by atoms with E-state index in [0.29, 0.717) is 5.69 Å². The SMILES string of the molecule is COCc1cn(O)c2nc(=N)nc(N)c-2n1. The minimum Gasteiger partial charge on any atom is -0.427 e. The molecule has 0 aromatic carbocycles. The molecule has 2 aliphatic heterocycles. The van der Waals surface area contributed by atoms with Crippen molar-refractivity contribution in [2.45, 2.75) is 6.61 Å². The maximum Gasteiger partial charge on any atom is 0.246 e. The van der Waals surface area contributed by atoms with Crippen LogP contribution in [0.5, 0.6) is 0 Å².